The number of carboxylic acid groups (broad SMARTS) is 1. The lowest BCUT2D eigenvalue weighted by Gasteiger charge is -2.11. The fourth-order valence-electron chi connectivity index (χ4n) is 2.11. The van der Waals surface area contributed by atoms with Crippen molar-refractivity contribution in [3.63, 3.8) is 0 Å². The van der Waals surface area contributed by atoms with Gasteiger partial charge < -0.3 is 9.84 Å². The number of aryl methyl sites for hydroxylation is 1. The average Bonchev–Trinajstić information content (AvgIpc) is 3.29. The lowest BCUT2D eigenvalue weighted by atomic mass is 10.2. The molecule has 1 fully saturated rings. The van der Waals surface area contributed by atoms with Crippen LogP contribution in [0.3, 0.4) is 0 Å². The molecule has 1 aliphatic rings. The number of halogens is 1. The van der Waals surface area contributed by atoms with E-state index in [-0.39, 0.29) is 11.4 Å². The Hall–Kier alpha value is -2.14. The monoisotopic (exact) mass is 318 g/mol. The highest BCUT2D eigenvalue weighted by atomic mass is 35.5. The van der Waals surface area contributed by atoms with Crippen LogP contribution in [-0.2, 0) is 0 Å². The van der Waals surface area contributed by atoms with E-state index in [1.165, 1.54) is 0 Å². The fourth-order valence-corrected chi connectivity index (χ4v) is 2.23. The van der Waals surface area contributed by atoms with Crippen molar-refractivity contribution in [2.75, 3.05) is 6.61 Å². The zero-order valence-corrected chi connectivity index (χ0v) is 12.8. The van der Waals surface area contributed by atoms with Crippen molar-refractivity contribution in [3.8, 4) is 17.3 Å². The highest BCUT2D eigenvalue weighted by molar-refractivity contribution is 6.30. The van der Waals surface area contributed by atoms with Crippen LogP contribution in [-0.4, -0.2) is 27.7 Å². The Morgan fingerprint density at radius 1 is 1.32 bits per heavy atom. The molecule has 2 aromatic rings. The number of rotatable bonds is 5. The predicted octanol–water partition coefficient (Wildman–Crippen LogP) is 3.59. The molecule has 1 aromatic carbocycles. The molecule has 1 saturated carbocycles. The van der Waals surface area contributed by atoms with Gasteiger partial charge >= 0.3 is 5.97 Å². The van der Waals surface area contributed by atoms with Crippen LogP contribution in [0.5, 0.6) is 5.88 Å². The van der Waals surface area contributed by atoms with E-state index < -0.39 is 5.97 Å². The first-order valence-electron chi connectivity index (χ1n) is 7.05. The van der Waals surface area contributed by atoms with E-state index in [1.807, 2.05) is 0 Å². The third-order valence-electron chi connectivity index (χ3n) is 3.53. The van der Waals surface area contributed by atoms with Crippen LogP contribution in [0, 0.1) is 12.8 Å². The van der Waals surface area contributed by atoms with Gasteiger partial charge in [-0.05, 0) is 49.9 Å². The quantitative estimate of drug-likeness (QED) is 0.912. The molecule has 0 unspecified atom stereocenters. The van der Waals surface area contributed by atoms with Crippen molar-refractivity contribution in [2.45, 2.75) is 19.8 Å². The Morgan fingerprint density at radius 3 is 2.59 bits per heavy atom. The maximum absolute atomic E-state index is 11.4. The molecule has 22 heavy (non-hydrogen) atoms. The van der Waals surface area contributed by atoms with Gasteiger partial charge in [-0.2, -0.15) is 4.98 Å². The molecular formula is C16H15ClN2O3. The zero-order chi connectivity index (χ0) is 15.7. The van der Waals surface area contributed by atoms with Gasteiger partial charge in [0.05, 0.1) is 12.3 Å². The normalized spacial score (nSPS) is 13.9. The van der Waals surface area contributed by atoms with Gasteiger partial charge in [0.2, 0.25) is 5.88 Å². The topological polar surface area (TPSA) is 72.3 Å². The van der Waals surface area contributed by atoms with Crippen LogP contribution in [0.15, 0.2) is 24.3 Å². The van der Waals surface area contributed by atoms with E-state index in [2.05, 4.69) is 9.97 Å². The van der Waals surface area contributed by atoms with E-state index in [1.54, 1.807) is 31.2 Å². The Kier molecular flexibility index (Phi) is 3.98. The minimum atomic E-state index is -1.08. The third-order valence-corrected chi connectivity index (χ3v) is 3.78. The number of hydrogen-bond donors (Lipinski definition) is 1. The van der Waals surface area contributed by atoms with Gasteiger partial charge in [-0.15, -0.1) is 0 Å². The number of hydrogen-bond acceptors (Lipinski definition) is 4. The van der Waals surface area contributed by atoms with E-state index >= 15 is 0 Å². The molecule has 1 N–H and O–H groups in total. The summed E-state index contributed by atoms with van der Waals surface area (Å²) in [4.78, 5) is 20.0. The summed E-state index contributed by atoms with van der Waals surface area (Å²) in [5.41, 5.74) is 1.18. The lowest BCUT2D eigenvalue weighted by Crippen LogP contribution is -2.11. The molecule has 0 saturated heterocycles. The Morgan fingerprint density at radius 2 is 2.00 bits per heavy atom. The van der Waals surface area contributed by atoms with Crippen molar-refractivity contribution in [1.82, 2.24) is 9.97 Å². The van der Waals surface area contributed by atoms with Crippen LogP contribution in [0.1, 0.15) is 28.9 Å². The van der Waals surface area contributed by atoms with Crippen LogP contribution in [0.2, 0.25) is 5.02 Å². The summed E-state index contributed by atoms with van der Waals surface area (Å²) in [6.07, 6.45) is 2.24. The maximum atomic E-state index is 11.4. The average molecular weight is 319 g/mol. The summed E-state index contributed by atoms with van der Waals surface area (Å²) in [5.74, 6) is 0.00339. The van der Waals surface area contributed by atoms with Gasteiger partial charge in [0.25, 0.3) is 0 Å². The second-order valence-electron chi connectivity index (χ2n) is 5.38. The van der Waals surface area contributed by atoms with Crippen LogP contribution in [0.4, 0.5) is 0 Å². The number of aromatic carboxylic acids is 1. The van der Waals surface area contributed by atoms with Crippen molar-refractivity contribution >= 4 is 17.6 Å². The summed E-state index contributed by atoms with van der Waals surface area (Å²) in [6.45, 7) is 2.14. The molecular weight excluding hydrogens is 304 g/mol. The molecule has 1 heterocycles. The van der Waals surface area contributed by atoms with Crippen molar-refractivity contribution in [3.05, 3.63) is 40.5 Å². The first kappa shape index (κ1) is 14.8. The summed E-state index contributed by atoms with van der Waals surface area (Å²) in [7, 11) is 0. The largest absolute Gasteiger partial charge is 0.477 e. The molecule has 1 aliphatic carbocycles. The van der Waals surface area contributed by atoms with E-state index in [9.17, 15) is 9.90 Å². The van der Waals surface area contributed by atoms with E-state index in [0.29, 0.717) is 29.1 Å². The highest BCUT2D eigenvalue weighted by Gasteiger charge is 2.25. The van der Waals surface area contributed by atoms with Gasteiger partial charge in [-0.3, -0.25) is 0 Å². The number of ether oxygens (including phenoxy) is 1. The van der Waals surface area contributed by atoms with Crippen LogP contribution >= 0.6 is 11.6 Å². The van der Waals surface area contributed by atoms with Gasteiger partial charge in [-0.25, -0.2) is 9.78 Å². The van der Waals surface area contributed by atoms with E-state index in [0.717, 1.165) is 18.4 Å². The van der Waals surface area contributed by atoms with Crippen LogP contribution < -0.4 is 4.74 Å². The number of carbonyl (C=O) groups is 1. The molecule has 114 valence electrons. The molecule has 6 heteroatoms. The van der Waals surface area contributed by atoms with Crippen LogP contribution in [0.25, 0.3) is 11.4 Å². The zero-order valence-electron chi connectivity index (χ0n) is 12.0. The van der Waals surface area contributed by atoms with Crippen molar-refractivity contribution in [1.29, 1.82) is 0 Å². The molecule has 0 radical (unpaired) electrons. The molecule has 5 nitrogen and oxygen atoms in total. The predicted molar refractivity (Wildman–Crippen MR) is 82.4 cm³/mol. The first-order valence-corrected chi connectivity index (χ1v) is 7.43. The van der Waals surface area contributed by atoms with Gasteiger partial charge in [0.15, 0.2) is 5.82 Å². The molecule has 0 aliphatic heterocycles. The number of benzene rings is 1. The number of nitrogens with zero attached hydrogens (tertiary/aromatic N) is 2. The first-order chi connectivity index (χ1) is 10.5. The SMILES string of the molecule is Cc1nc(-c2ccc(Cl)cc2)nc(OCC2CC2)c1C(=O)O. The summed E-state index contributed by atoms with van der Waals surface area (Å²) < 4.78 is 5.63. The van der Waals surface area contributed by atoms with Gasteiger partial charge in [0, 0.05) is 10.6 Å². The van der Waals surface area contributed by atoms with Gasteiger partial charge in [0.1, 0.15) is 5.56 Å². The minimum absolute atomic E-state index is 0.0263. The highest BCUT2D eigenvalue weighted by Crippen LogP contribution is 2.31. The summed E-state index contributed by atoms with van der Waals surface area (Å²) in [5, 5.41) is 9.97. The Labute approximate surface area is 132 Å². The number of carboxylic acids is 1. The summed E-state index contributed by atoms with van der Waals surface area (Å²) >= 11 is 5.88. The second kappa shape index (κ2) is 5.93. The summed E-state index contributed by atoms with van der Waals surface area (Å²) in [6, 6.07) is 7.07. The second-order valence-corrected chi connectivity index (χ2v) is 5.82. The van der Waals surface area contributed by atoms with Gasteiger partial charge in [-0.1, -0.05) is 11.6 Å². The van der Waals surface area contributed by atoms with Crippen molar-refractivity contribution in [2.24, 2.45) is 5.92 Å². The minimum Gasteiger partial charge on any atom is -0.477 e. The molecule has 0 bridgehead atoms. The molecule has 1 aromatic heterocycles. The number of aromatic nitrogens is 2. The molecule has 3 rings (SSSR count). The maximum Gasteiger partial charge on any atom is 0.343 e. The third kappa shape index (κ3) is 3.20. The standard InChI is InChI=1S/C16H15ClN2O3/c1-9-13(16(20)21)15(22-8-10-2-3-10)19-14(18-9)11-4-6-12(17)7-5-11/h4-7,10H,2-3,8H2,1H3,(H,20,21). The smallest absolute Gasteiger partial charge is 0.343 e. The Bertz CT molecular complexity index is 712. The fraction of sp³-hybridized carbons (Fsp3) is 0.312. The van der Waals surface area contributed by atoms with E-state index in [4.69, 9.17) is 16.3 Å². The van der Waals surface area contributed by atoms with Crippen molar-refractivity contribution < 1.29 is 14.6 Å². The molecule has 0 atom stereocenters. The molecule has 0 spiro atoms. The Balaban J connectivity index is 2.00. The lowest BCUT2D eigenvalue weighted by molar-refractivity contribution is 0.0689. The molecule has 0 amide bonds.